The molecule has 0 radical (unpaired) electrons. The van der Waals surface area contributed by atoms with E-state index in [-0.39, 0.29) is 0 Å². The molecule has 4 N–H and O–H groups in total. The number of hydrogen-bond donors (Lipinski definition) is 3. The minimum atomic E-state index is 0.299. The van der Waals surface area contributed by atoms with Crippen LogP contribution in [-0.4, -0.2) is 21.5 Å². The van der Waals surface area contributed by atoms with Crippen molar-refractivity contribution in [3.8, 4) is 11.3 Å². The Labute approximate surface area is 118 Å². The largest absolute Gasteiger partial charge is 0.360 e. The van der Waals surface area contributed by atoms with E-state index in [1.165, 1.54) is 5.39 Å². The van der Waals surface area contributed by atoms with Gasteiger partial charge in [-0.25, -0.2) is 4.98 Å². The molecule has 0 bridgehead atoms. The molecule has 0 fully saturated rings. The summed E-state index contributed by atoms with van der Waals surface area (Å²) in [5.74, 6) is 1.29. The smallest absolute Gasteiger partial charge is 0.111 e. The Morgan fingerprint density at radius 1 is 1.30 bits per heavy atom. The Balaban J connectivity index is 2.10. The number of H-pyrrole nitrogens is 2. The van der Waals surface area contributed by atoms with Gasteiger partial charge in [-0.3, -0.25) is 0 Å². The lowest BCUT2D eigenvalue weighted by Gasteiger charge is -2.07. The highest BCUT2D eigenvalue weighted by atomic mass is 14.9. The Kier molecular flexibility index (Phi) is 3.32. The summed E-state index contributed by atoms with van der Waals surface area (Å²) in [6.07, 6.45) is 3.03. The number of benzene rings is 1. The molecule has 0 aliphatic carbocycles. The van der Waals surface area contributed by atoms with Gasteiger partial charge in [0, 0.05) is 40.8 Å². The maximum atomic E-state index is 5.82. The molecule has 3 rings (SSSR count). The number of para-hydroxylation sites is 1. The second-order valence-electron chi connectivity index (χ2n) is 5.18. The number of aromatic nitrogens is 3. The summed E-state index contributed by atoms with van der Waals surface area (Å²) < 4.78 is 0. The zero-order valence-corrected chi connectivity index (χ0v) is 11.9. The van der Waals surface area contributed by atoms with Gasteiger partial charge in [-0.1, -0.05) is 25.1 Å². The first-order valence-electron chi connectivity index (χ1n) is 7.07. The first-order chi connectivity index (χ1) is 9.74. The molecule has 3 aromatic rings. The van der Waals surface area contributed by atoms with Gasteiger partial charge in [0.05, 0.1) is 5.69 Å². The van der Waals surface area contributed by atoms with Crippen molar-refractivity contribution in [2.24, 2.45) is 5.73 Å². The maximum Gasteiger partial charge on any atom is 0.111 e. The van der Waals surface area contributed by atoms with Gasteiger partial charge in [0.25, 0.3) is 0 Å². The molecule has 2 aromatic heterocycles. The highest BCUT2D eigenvalue weighted by Gasteiger charge is 2.17. The van der Waals surface area contributed by atoms with Crippen molar-refractivity contribution < 1.29 is 0 Å². The van der Waals surface area contributed by atoms with Gasteiger partial charge >= 0.3 is 0 Å². The lowest BCUT2D eigenvalue weighted by molar-refractivity contribution is 0.638. The van der Waals surface area contributed by atoms with E-state index in [0.29, 0.717) is 12.5 Å². The lowest BCUT2D eigenvalue weighted by atomic mass is 10.1. The molecule has 0 saturated carbocycles. The van der Waals surface area contributed by atoms with E-state index in [9.17, 15) is 0 Å². The highest BCUT2D eigenvalue weighted by Crippen LogP contribution is 2.30. The zero-order chi connectivity index (χ0) is 14.1. The number of nitrogens with two attached hydrogens (primary N) is 1. The molecule has 2 heterocycles. The van der Waals surface area contributed by atoms with Crippen LogP contribution >= 0.6 is 0 Å². The van der Waals surface area contributed by atoms with Crippen molar-refractivity contribution in [2.75, 3.05) is 6.54 Å². The van der Waals surface area contributed by atoms with E-state index in [0.717, 1.165) is 34.7 Å². The Hall–Kier alpha value is -2.07. The van der Waals surface area contributed by atoms with Crippen molar-refractivity contribution in [2.45, 2.75) is 26.2 Å². The van der Waals surface area contributed by atoms with Crippen LogP contribution in [0.3, 0.4) is 0 Å². The molecule has 0 amide bonds. The number of rotatable bonds is 4. The van der Waals surface area contributed by atoms with E-state index in [1.807, 2.05) is 12.3 Å². The molecule has 1 unspecified atom stereocenters. The number of fused-ring (bicyclic) bond motifs is 1. The lowest BCUT2D eigenvalue weighted by Crippen LogP contribution is -2.12. The summed E-state index contributed by atoms with van der Waals surface area (Å²) >= 11 is 0. The van der Waals surface area contributed by atoms with Crippen LogP contribution in [0.1, 0.15) is 30.8 Å². The molecule has 20 heavy (non-hydrogen) atoms. The van der Waals surface area contributed by atoms with Crippen molar-refractivity contribution in [1.29, 1.82) is 0 Å². The topological polar surface area (TPSA) is 70.5 Å². The number of aromatic amines is 2. The molecule has 1 atom stereocenters. The molecule has 4 nitrogen and oxygen atoms in total. The van der Waals surface area contributed by atoms with Gasteiger partial charge in [-0.15, -0.1) is 0 Å². The van der Waals surface area contributed by atoms with Gasteiger partial charge < -0.3 is 15.7 Å². The van der Waals surface area contributed by atoms with Crippen LogP contribution in [0.25, 0.3) is 22.2 Å². The van der Waals surface area contributed by atoms with Crippen LogP contribution in [-0.2, 0) is 0 Å². The van der Waals surface area contributed by atoms with Crippen molar-refractivity contribution in [1.82, 2.24) is 15.0 Å². The third-order valence-corrected chi connectivity index (χ3v) is 3.91. The number of hydrogen-bond acceptors (Lipinski definition) is 2. The third-order valence-electron chi connectivity index (χ3n) is 3.91. The Morgan fingerprint density at radius 2 is 2.10 bits per heavy atom. The standard InChI is InChI=1S/C16H20N4/c1-3-11(8-17)16-19-10(2)15(20-16)13-9-18-14-7-5-4-6-12(13)14/h4-7,9,11,18H,3,8,17H2,1-2H3,(H,19,20). The molecule has 0 aliphatic heterocycles. The van der Waals surface area contributed by atoms with Gasteiger partial charge in [0.1, 0.15) is 5.82 Å². The predicted molar refractivity (Wildman–Crippen MR) is 82.7 cm³/mol. The Morgan fingerprint density at radius 3 is 2.85 bits per heavy atom. The van der Waals surface area contributed by atoms with Crippen LogP contribution in [0.5, 0.6) is 0 Å². The minimum absolute atomic E-state index is 0.299. The molecular weight excluding hydrogens is 248 g/mol. The van der Waals surface area contributed by atoms with E-state index in [4.69, 9.17) is 10.7 Å². The minimum Gasteiger partial charge on any atom is -0.360 e. The zero-order valence-electron chi connectivity index (χ0n) is 11.9. The van der Waals surface area contributed by atoms with Crippen LogP contribution in [0.15, 0.2) is 30.5 Å². The molecule has 0 aliphatic rings. The molecule has 1 aromatic carbocycles. The van der Waals surface area contributed by atoms with Crippen molar-refractivity contribution >= 4 is 10.9 Å². The maximum absolute atomic E-state index is 5.82. The predicted octanol–water partition coefficient (Wildman–Crippen LogP) is 3.32. The first-order valence-corrected chi connectivity index (χ1v) is 7.07. The molecule has 4 heteroatoms. The van der Waals surface area contributed by atoms with Gasteiger partial charge in [-0.2, -0.15) is 0 Å². The quantitative estimate of drug-likeness (QED) is 0.679. The fraction of sp³-hybridized carbons (Fsp3) is 0.312. The van der Waals surface area contributed by atoms with Gasteiger partial charge in [-0.05, 0) is 19.4 Å². The summed E-state index contributed by atoms with van der Waals surface area (Å²) in [5.41, 5.74) is 10.2. The molecular formula is C16H20N4. The normalized spacial score (nSPS) is 12.9. The molecule has 0 saturated heterocycles. The van der Waals surface area contributed by atoms with Crippen LogP contribution in [0.2, 0.25) is 0 Å². The van der Waals surface area contributed by atoms with Gasteiger partial charge in [0.2, 0.25) is 0 Å². The molecule has 0 spiro atoms. The van der Waals surface area contributed by atoms with E-state index < -0.39 is 0 Å². The number of nitrogens with one attached hydrogen (secondary N) is 2. The summed E-state index contributed by atoms with van der Waals surface area (Å²) in [7, 11) is 0. The van der Waals surface area contributed by atoms with Crippen molar-refractivity contribution in [3.05, 3.63) is 42.0 Å². The fourth-order valence-corrected chi connectivity index (χ4v) is 2.68. The van der Waals surface area contributed by atoms with E-state index >= 15 is 0 Å². The second kappa shape index (κ2) is 5.13. The van der Waals surface area contributed by atoms with E-state index in [2.05, 4.69) is 42.0 Å². The number of aryl methyl sites for hydroxylation is 1. The average Bonchev–Trinajstić information content (AvgIpc) is 3.04. The number of nitrogens with zero attached hydrogens (tertiary/aromatic N) is 1. The van der Waals surface area contributed by atoms with Crippen molar-refractivity contribution in [3.63, 3.8) is 0 Å². The third kappa shape index (κ3) is 2.02. The van der Waals surface area contributed by atoms with Crippen LogP contribution < -0.4 is 5.73 Å². The first kappa shape index (κ1) is 12.9. The van der Waals surface area contributed by atoms with E-state index in [1.54, 1.807) is 0 Å². The Bertz CT molecular complexity index is 719. The van der Waals surface area contributed by atoms with Crippen LogP contribution in [0.4, 0.5) is 0 Å². The number of imidazole rings is 1. The van der Waals surface area contributed by atoms with Crippen LogP contribution in [0, 0.1) is 6.92 Å². The highest BCUT2D eigenvalue weighted by molar-refractivity contribution is 5.95. The molecule has 104 valence electrons. The summed E-state index contributed by atoms with van der Waals surface area (Å²) in [4.78, 5) is 11.5. The summed E-state index contributed by atoms with van der Waals surface area (Å²) in [6, 6.07) is 8.29. The monoisotopic (exact) mass is 268 g/mol. The summed E-state index contributed by atoms with van der Waals surface area (Å²) in [6.45, 7) is 4.83. The summed E-state index contributed by atoms with van der Waals surface area (Å²) in [5, 5.41) is 1.20. The fourth-order valence-electron chi connectivity index (χ4n) is 2.68. The average molecular weight is 268 g/mol. The van der Waals surface area contributed by atoms with Gasteiger partial charge in [0.15, 0.2) is 0 Å². The second-order valence-corrected chi connectivity index (χ2v) is 5.18. The SMILES string of the molecule is CCC(CN)c1nc(-c2c[nH]c3ccccc23)c(C)[nH]1.